The van der Waals surface area contributed by atoms with Crippen molar-refractivity contribution < 1.29 is 0 Å². The number of nitrogens with zero attached hydrogens (tertiary/aromatic N) is 2. The van der Waals surface area contributed by atoms with Crippen molar-refractivity contribution in [1.82, 2.24) is 15.1 Å². The Hall–Kier alpha value is -0.120. The lowest BCUT2D eigenvalue weighted by Crippen LogP contribution is -2.36. The van der Waals surface area contributed by atoms with Gasteiger partial charge in [-0.05, 0) is 78.3 Å². The van der Waals surface area contributed by atoms with Crippen LogP contribution in [0.3, 0.4) is 0 Å². The zero-order valence-electron chi connectivity index (χ0n) is 13.0. The van der Waals surface area contributed by atoms with Gasteiger partial charge in [-0.1, -0.05) is 12.8 Å². The molecular formula is C16H33N3. The first-order chi connectivity index (χ1) is 9.24. The van der Waals surface area contributed by atoms with Gasteiger partial charge < -0.3 is 15.1 Å². The molecule has 19 heavy (non-hydrogen) atoms. The molecule has 1 aliphatic carbocycles. The second kappa shape index (κ2) is 8.23. The van der Waals surface area contributed by atoms with E-state index in [0.29, 0.717) is 0 Å². The minimum Gasteiger partial charge on any atom is -0.314 e. The van der Waals surface area contributed by atoms with Crippen LogP contribution in [-0.4, -0.2) is 62.7 Å². The Labute approximate surface area is 119 Å². The molecule has 0 amide bonds. The summed E-state index contributed by atoms with van der Waals surface area (Å²) in [6, 6.07) is 0.833. The molecule has 1 heterocycles. The van der Waals surface area contributed by atoms with Gasteiger partial charge in [0.2, 0.25) is 0 Å². The maximum atomic E-state index is 3.71. The molecule has 2 fully saturated rings. The first-order valence-electron chi connectivity index (χ1n) is 8.34. The molecule has 3 heteroatoms. The average Bonchev–Trinajstić information content (AvgIpc) is 2.91. The predicted octanol–water partition coefficient (Wildman–Crippen LogP) is 2.18. The van der Waals surface area contributed by atoms with Crippen LogP contribution in [0.5, 0.6) is 0 Å². The SMILES string of the molecule is CN1CCC(CN(C)CCCNC2CCCC2)CC1. The van der Waals surface area contributed by atoms with E-state index >= 15 is 0 Å². The van der Waals surface area contributed by atoms with Crippen molar-refractivity contribution in [2.45, 2.75) is 51.0 Å². The third-order valence-electron chi connectivity index (χ3n) is 4.91. The molecule has 0 aromatic heterocycles. The van der Waals surface area contributed by atoms with E-state index in [0.717, 1.165) is 12.0 Å². The molecule has 1 saturated heterocycles. The minimum absolute atomic E-state index is 0.833. The number of hydrogen-bond acceptors (Lipinski definition) is 3. The van der Waals surface area contributed by atoms with Gasteiger partial charge in [0.25, 0.3) is 0 Å². The smallest absolute Gasteiger partial charge is 0.00670 e. The summed E-state index contributed by atoms with van der Waals surface area (Å²) in [4.78, 5) is 5.01. The van der Waals surface area contributed by atoms with E-state index in [2.05, 4.69) is 29.2 Å². The highest BCUT2D eigenvalue weighted by atomic mass is 15.1. The molecule has 2 rings (SSSR count). The minimum atomic E-state index is 0.833. The number of rotatable bonds is 7. The van der Waals surface area contributed by atoms with E-state index in [1.807, 2.05) is 0 Å². The van der Waals surface area contributed by atoms with Crippen LogP contribution in [0.15, 0.2) is 0 Å². The lowest BCUT2D eigenvalue weighted by atomic mass is 9.97. The molecule has 0 aromatic rings. The van der Waals surface area contributed by atoms with Crippen molar-refractivity contribution in [2.75, 3.05) is 46.8 Å². The van der Waals surface area contributed by atoms with E-state index in [1.165, 1.54) is 77.7 Å². The monoisotopic (exact) mass is 267 g/mol. The summed E-state index contributed by atoms with van der Waals surface area (Å²) in [6.45, 7) is 6.36. The summed E-state index contributed by atoms with van der Waals surface area (Å²) in [6.07, 6.45) is 9.78. The molecule has 1 N–H and O–H groups in total. The van der Waals surface area contributed by atoms with E-state index < -0.39 is 0 Å². The van der Waals surface area contributed by atoms with E-state index in [1.54, 1.807) is 0 Å². The molecule has 3 nitrogen and oxygen atoms in total. The summed E-state index contributed by atoms with van der Waals surface area (Å²) >= 11 is 0. The van der Waals surface area contributed by atoms with Gasteiger partial charge in [0.15, 0.2) is 0 Å². The molecule has 0 spiro atoms. The van der Waals surface area contributed by atoms with E-state index in [9.17, 15) is 0 Å². The topological polar surface area (TPSA) is 18.5 Å². The van der Waals surface area contributed by atoms with E-state index in [4.69, 9.17) is 0 Å². The Morgan fingerprint density at radius 2 is 1.79 bits per heavy atom. The largest absolute Gasteiger partial charge is 0.314 e. The van der Waals surface area contributed by atoms with Gasteiger partial charge in [0, 0.05) is 12.6 Å². The summed E-state index contributed by atoms with van der Waals surface area (Å²) < 4.78 is 0. The maximum absolute atomic E-state index is 3.71. The molecule has 0 bridgehead atoms. The number of nitrogens with one attached hydrogen (secondary N) is 1. The zero-order valence-corrected chi connectivity index (χ0v) is 13.0. The summed E-state index contributed by atoms with van der Waals surface area (Å²) in [5.41, 5.74) is 0. The molecule has 1 saturated carbocycles. The number of hydrogen-bond donors (Lipinski definition) is 1. The highest BCUT2D eigenvalue weighted by Crippen LogP contribution is 2.18. The fourth-order valence-electron chi connectivity index (χ4n) is 3.56. The highest BCUT2D eigenvalue weighted by Gasteiger charge is 2.18. The van der Waals surface area contributed by atoms with Gasteiger partial charge in [-0.15, -0.1) is 0 Å². The van der Waals surface area contributed by atoms with Gasteiger partial charge in [-0.25, -0.2) is 0 Å². The molecule has 0 aromatic carbocycles. The number of likely N-dealkylation sites (tertiary alicyclic amines) is 1. The van der Waals surface area contributed by atoms with Crippen molar-refractivity contribution in [3.8, 4) is 0 Å². The van der Waals surface area contributed by atoms with Gasteiger partial charge in [-0.2, -0.15) is 0 Å². The molecule has 0 atom stereocenters. The van der Waals surface area contributed by atoms with Crippen molar-refractivity contribution in [2.24, 2.45) is 5.92 Å². The van der Waals surface area contributed by atoms with Crippen molar-refractivity contribution in [1.29, 1.82) is 0 Å². The summed E-state index contributed by atoms with van der Waals surface area (Å²) in [5, 5.41) is 3.71. The summed E-state index contributed by atoms with van der Waals surface area (Å²) in [5.74, 6) is 0.934. The van der Waals surface area contributed by atoms with Gasteiger partial charge in [-0.3, -0.25) is 0 Å². The first kappa shape index (κ1) is 15.3. The first-order valence-corrected chi connectivity index (χ1v) is 8.34. The van der Waals surface area contributed by atoms with Gasteiger partial charge >= 0.3 is 0 Å². The van der Waals surface area contributed by atoms with Gasteiger partial charge in [0.1, 0.15) is 0 Å². The molecular weight excluding hydrogens is 234 g/mol. The van der Waals surface area contributed by atoms with E-state index in [-0.39, 0.29) is 0 Å². The fourth-order valence-corrected chi connectivity index (χ4v) is 3.56. The van der Waals surface area contributed by atoms with Crippen LogP contribution in [0.1, 0.15) is 44.9 Å². The fraction of sp³-hybridized carbons (Fsp3) is 1.00. The van der Waals surface area contributed by atoms with Crippen LogP contribution < -0.4 is 5.32 Å². The standard InChI is InChI=1S/C16H33N3/c1-18-12-8-15(9-13-18)14-19(2)11-5-10-17-16-6-3-4-7-16/h15-17H,3-14H2,1-2H3. The van der Waals surface area contributed by atoms with Crippen molar-refractivity contribution in [3.63, 3.8) is 0 Å². The van der Waals surface area contributed by atoms with Crippen LogP contribution in [0.2, 0.25) is 0 Å². The van der Waals surface area contributed by atoms with Crippen LogP contribution in [0.4, 0.5) is 0 Å². The average molecular weight is 267 g/mol. The Morgan fingerprint density at radius 1 is 1.11 bits per heavy atom. The van der Waals surface area contributed by atoms with Crippen LogP contribution in [0, 0.1) is 5.92 Å². The predicted molar refractivity (Wildman–Crippen MR) is 82.6 cm³/mol. The third kappa shape index (κ3) is 5.80. The molecule has 112 valence electrons. The Morgan fingerprint density at radius 3 is 2.47 bits per heavy atom. The van der Waals surface area contributed by atoms with Gasteiger partial charge in [0.05, 0.1) is 0 Å². The molecule has 0 unspecified atom stereocenters. The second-order valence-corrected chi connectivity index (χ2v) is 6.80. The van der Waals surface area contributed by atoms with Crippen molar-refractivity contribution in [3.05, 3.63) is 0 Å². The second-order valence-electron chi connectivity index (χ2n) is 6.80. The normalized spacial score (nSPS) is 23.5. The Balaban J connectivity index is 1.48. The molecule has 2 aliphatic rings. The molecule has 0 radical (unpaired) electrons. The van der Waals surface area contributed by atoms with Crippen molar-refractivity contribution >= 4 is 0 Å². The van der Waals surface area contributed by atoms with Crippen LogP contribution >= 0.6 is 0 Å². The quantitative estimate of drug-likeness (QED) is 0.713. The zero-order chi connectivity index (χ0) is 13.5. The third-order valence-corrected chi connectivity index (χ3v) is 4.91. The Bertz CT molecular complexity index is 230. The lowest BCUT2D eigenvalue weighted by molar-refractivity contribution is 0.175. The number of piperidine rings is 1. The highest BCUT2D eigenvalue weighted by molar-refractivity contribution is 4.74. The lowest BCUT2D eigenvalue weighted by Gasteiger charge is -2.31. The Kier molecular flexibility index (Phi) is 6.62. The van der Waals surface area contributed by atoms with Crippen LogP contribution in [0.25, 0.3) is 0 Å². The van der Waals surface area contributed by atoms with Crippen LogP contribution in [-0.2, 0) is 0 Å². The summed E-state index contributed by atoms with van der Waals surface area (Å²) in [7, 11) is 4.54. The maximum Gasteiger partial charge on any atom is 0.00670 e. The molecule has 1 aliphatic heterocycles.